The lowest BCUT2D eigenvalue weighted by Gasteiger charge is -2.29. The maximum atomic E-state index is 11.2. The third-order valence-electron chi connectivity index (χ3n) is 5.86. The van der Waals surface area contributed by atoms with Crippen molar-refractivity contribution in [3.05, 3.63) is 11.3 Å². The molecule has 1 rings (SSSR count). The van der Waals surface area contributed by atoms with E-state index in [1.54, 1.807) is 0 Å². The SMILES string of the molecule is CCCCCCCCCCCCCCCCC1CC(O)=C(CC)C(C=O)O1. The number of carbonyl (C=O) groups excluding carboxylic acids is 1. The van der Waals surface area contributed by atoms with Gasteiger partial charge in [-0.2, -0.15) is 0 Å². The first-order chi connectivity index (χ1) is 13.2. The molecule has 3 heteroatoms. The molecule has 3 nitrogen and oxygen atoms in total. The van der Waals surface area contributed by atoms with E-state index in [-0.39, 0.29) is 6.10 Å². The summed E-state index contributed by atoms with van der Waals surface area (Å²) in [5.41, 5.74) is 0.766. The largest absolute Gasteiger partial charge is 0.512 e. The molecular weight excluding hydrogens is 336 g/mol. The van der Waals surface area contributed by atoms with Gasteiger partial charge < -0.3 is 14.6 Å². The molecule has 1 aliphatic heterocycles. The van der Waals surface area contributed by atoms with Gasteiger partial charge in [-0.15, -0.1) is 0 Å². The lowest BCUT2D eigenvalue weighted by Crippen LogP contribution is -2.31. The van der Waals surface area contributed by atoms with Gasteiger partial charge in [0.2, 0.25) is 0 Å². The Morgan fingerprint density at radius 3 is 1.78 bits per heavy atom. The number of carbonyl (C=O) groups is 1. The van der Waals surface area contributed by atoms with E-state index in [1.807, 2.05) is 6.92 Å². The van der Waals surface area contributed by atoms with E-state index < -0.39 is 6.10 Å². The standard InChI is InChI=1S/C24H44O3/c1-3-5-6-7-8-9-10-11-12-13-14-15-16-17-18-21-19-23(26)22(4-2)24(20-25)27-21/h20-21,24,26H,3-19H2,1-2H3. The lowest BCUT2D eigenvalue weighted by atomic mass is 9.96. The molecule has 0 aromatic heterocycles. The van der Waals surface area contributed by atoms with Gasteiger partial charge in [-0.05, 0) is 12.8 Å². The highest BCUT2D eigenvalue weighted by atomic mass is 16.5. The summed E-state index contributed by atoms with van der Waals surface area (Å²) in [4.78, 5) is 11.2. The number of hydrogen-bond acceptors (Lipinski definition) is 3. The molecule has 0 aromatic rings. The van der Waals surface area contributed by atoms with Gasteiger partial charge in [0.25, 0.3) is 0 Å². The zero-order chi connectivity index (χ0) is 19.7. The summed E-state index contributed by atoms with van der Waals surface area (Å²) in [6, 6.07) is 0. The van der Waals surface area contributed by atoms with Gasteiger partial charge in [-0.25, -0.2) is 0 Å². The van der Waals surface area contributed by atoms with Crippen LogP contribution in [0.2, 0.25) is 0 Å². The zero-order valence-corrected chi connectivity index (χ0v) is 18.0. The minimum absolute atomic E-state index is 0.00725. The number of aliphatic hydroxyl groups is 1. The molecule has 2 atom stereocenters. The van der Waals surface area contributed by atoms with Gasteiger partial charge in [0.1, 0.15) is 6.10 Å². The van der Waals surface area contributed by atoms with Gasteiger partial charge >= 0.3 is 0 Å². The smallest absolute Gasteiger partial charge is 0.153 e. The predicted octanol–water partition coefficient (Wildman–Crippen LogP) is 7.44. The summed E-state index contributed by atoms with van der Waals surface area (Å²) in [5.74, 6) is 0.385. The van der Waals surface area contributed by atoms with Gasteiger partial charge in [-0.1, -0.05) is 104 Å². The number of aliphatic hydroxyl groups excluding tert-OH is 1. The Balaban J connectivity index is 1.92. The van der Waals surface area contributed by atoms with Crippen LogP contribution in [0.5, 0.6) is 0 Å². The van der Waals surface area contributed by atoms with Crippen LogP contribution in [0.3, 0.4) is 0 Å². The van der Waals surface area contributed by atoms with Crippen LogP contribution in [0.15, 0.2) is 11.3 Å². The number of hydrogen-bond donors (Lipinski definition) is 1. The molecule has 158 valence electrons. The Kier molecular flexibility index (Phi) is 14.5. The fourth-order valence-electron chi connectivity index (χ4n) is 4.10. The summed E-state index contributed by atoms with van der Waals surface area (Å²) in [7, 11) is 0. The molecule has 0 aromatic carbocycles. The average Bonchev–Trinajstić information content (AvgIpc) is 2.67. The van der Waals surface area contributed by atoms with E-state index >= 15 is 0 Å². The summed E-state index contributed by atoms with van der Waals surface area (Å²) < 4.78 is 5.84. The molecule has 27 heavy (non-hydrogen) atoms. The Labute approximate surface area is 168 Å². The van der Waals surface area contributed by atoms with Gasteiger partial charge in [0, 0.05) is 12.0 Å². The van der Waals surface area contributed by atoms with Crippen LogP contribution in [0, 0.1) is 0 Å². The molecular formula is C24H44O3. The second-order valence-electron chi connectivity index (χ2n) is 8.23. The fraction of sp³-hybridized carbons (Fsp3) is 0.875. The highest BCUT2D eigenvalue weighted by Crippen LogP contribution is 2.28. The Morgan fingerprint density at radius 1 is 0.852 bits per heavy atom. The summed E-state index contributed by atoms with van der Waals surface area (Å²) in [5, 5.41) is 10.1. The van der Waals surface area contributed by atoms with Crippen molar-refractivity contribution in [2.45, 2.75) is 135 Å². The second kappa shape index (κ2) is 16.2. The third-order valence-corrected chi connectivity index (χ3v) is 5.86. The minimum atomic E-state index is -0.527. The van der Waals surface area contributed by atoms with Crippen LogP contribution in [0.1, 0.15) is 123 Å². The molecule has 0 bridgehead atoms. The summed E-state index contributed by atoms with van der Waals surface area (Å²) in [6.45, 7) is 4.23. The zero-order valence-electron chi connectivity index (χ0n) is 18.0. The number of ether oxygens (including phenoxy) is 1. The molecule has 2 unspecified atom stereocenters. The second-order valence-corrected chi connectivity index (χ2v) is 8.23. The van der Waals surface area contributed by atoms with Crippen LogP contribution < -0.4 is 0 Å². The van der Waals surface area contributed by atoms with Crippen molar-refractivity contribution in [2.24, 2.45) is 0 Å². The van der Waals surface area contributed by atoms with E-state index in [2.05, 4.69) is 6.92 Å². The van der Waals surface area contributed by atoms with Gasteiger partial charge in [-0.3, -0.25) is 0 Å². The molecule has 0 radical (unpaired) electrons. The molecule has 0 spiro atoms. The molecule has 0 saturated heterocycles. The van der Waals surface area contributed by atoms with Gasteiger partial charge in [0.15, 0.2) is 6.29 Å². The maximum Gasteiger partial charge on any atom is 0.153 e. The first kappa shape index (κ1) is 24.2. The topological polar surface area (TPSA) is 46.5 Å². The molecule has 0 aliphatic carbocycles. The van der Waals surface area contributed by atoms with Crippen LogP contribution in [0.4, 0.5) is 0 Å². The quantitative estimate of drug-likeness (QED) is 0.211. The Morgan fingerprint density at radius 2 is 1.33 bits per heavy atom. The Bertz CT molecular complexity index is 402. The van der Waals surface area contributed by atoms with Crippen LogP contribution in [-0.4, -0.2) is 23.6 Å². The maximum absolute atomic E-state index is 11.2. The molecule has 0 amide bonds. The monoisotopic (exact) mass is 380 g/mol. The van der Waals surface area contributed by atoms with E-state index in [9.17, 15) is 9.90 Å². The molecule has 1 aliphatic rings. The van der Waals surface area contributed by atoms with Crippen molar-refractivity contribution in [1.29, 1.82) is 0 Å². The first-order valence-electron chi connectivity index (χ1n) is 11.7. The van der Waals surface area contributed by atoms with Crippen molar-refractivity contribution < 1.29 is 14.6 Å². The normalized spacial score (nSPS) is 20.2. The van der Waals surface area contributed by atoms with E-state index in [1.165, 1.54) is 83.5 Å². The Hall–Kier alpha value is -0.830. The van der Waals surface area contributed by atoms with E-state index in [0.717, 1.165) is 24.7 Å². The van der Waals surface area contributed by atoms with Crippen molar-refractivity contribution in [2.75, 3.05) is 0 Å². The predicted molar refractivity (Wildman–Crippen MR) is 114 cm³/mol. The third kappa shape index (κ3) is 10.9. The minimum Gasteiger partial charge on any atom is -0.512 e. The van der Waals surface area contributed by atoms with Gasteiger partial charge in [0.05, 0.1) is 11.9 Å². The number of unbranched alkanes of at least 4 members (excludes halogenated alkanes) is 13. The highest BCUT2D eigenvalue weighted by molar-refractivity contribution is 5.62. The molecule has 1 N–H and O–H groups in total. The first-order valence-corrected chi connectivity index (χ1v) is 11.7. The van der Waals surface area contributed by atoms with E-state index in [4.69, 9.17) is 4.74 Å². The number of rotatable bonds is 17. The molecule has 0 saturated carbocycles. The molecule has 0 fully saturated rings. The van der Waals surface area contributed by atoms with Crippen molar-refractivity contribution >= 4 is 6.29 Å². The number of aldehydes is 1. The lowest BCUT2D eigenvalue weighted by molar-refractivity contribution is -0.121. The van der Waals surface area contributed by atoms with E-state index in [0.29, 0.717) is 18.6 Å². The summed E-state index contributed by atoms with van der Waals surface area (Å²) >= 11 is 0. The molecule has 1 heterocycles. The van der Waals surface area contributed by atoms with Crippen LogP contribution >= 0.6 is 0 Å². The van der Waals surface area contributed by atoms with Crippen molar-refractivity contribution in [1.82, 2.24) is 0 Å². The highest BCUT2D eigenvalue weighted by Gasteiger charge is 2.28. The van der Waals surface area contributed by atoms with Crippen LogP contribution in [0.25, 0.3) is 0 Å². The van der Waals surface area contributed by atoms with Crippen molar-refractivity contribution in [3.8, 4) is 0 Å². The average molecular weight is 381 g/mol. The van der Waals surface area contributed by atoms with Crippen LogP contribution in [-0.2, 0) is 9.53 Å². The van der Waals surface area contributed by atoms with Crippen molar-refractivity contribution in [3.63, 3.8) is 0 Å². The summed E-state index contributed by atoms with van der Waals surface area (Å²) in [6.07, 6.45) is 21.5. The fourth-order valence-corrected chi connectivity index (χ4v) is 4.10.